The normalized spacial score (nSPS) is 17.6. The van der Waals surface area contributed by atoms with Gasteiger partial charge in [0.05, 0.1) is 0 Å². The summed E-state index contributed by atoms with van der Waals surface area (Å²) in [6.45, 7) is 7.09. The SMILES string of the molecule is C=CCN(CC)C(=O)CC1(CS)CC1. The van der Waals surface area contributed by atoms with E-state index < -0.39 is 0 Å². The number of thiol groups is 1. The molecule has 0 N–H and O–H groups in total. The van der Waals surface area contributed by atoms with Crippen LogP contribution in [0.25, 0.3) is 0 Å². The molecule has 0 aromatic rings. The second-order valence-corrected chi connectivity index (χ2v) is 4.37. The molecular weight excluding hydrogens is 194 g/mol. The first-order chi connectivity index (χ1) is 6.67. The van der Waals surface area contributed by atoms with Crippen molar-refractivity contribution in [2.24, 2.45) is 5.41 Å². The lowest BCUT2D eigenvalue weighted by molar-refractivity contribution is -0.131. The first-order valence-corrected chi connectivity index (χ1v) is 5.80. The Kier molecular flexibility index (Phi) is 4.05. The van der Waals surface area contributed by atoms with Gasteiger partial charge in [-0.2, -0.15) is 12.6 Å². The van der Waals surface area contributed by atoms with Crippen LogP contribution in [0.5, 0.6) is 0 Å². The van der Waals surface area contributed by atoms with E-state index in [1.165, 1.54) is 0 Å². The van der Waals surface area contributed by atoms with Crippen LogP contribution in [0.3, 0.4) is 0 Å². The number of carbonyl (C=O) groups excluding carboxylic acids is 1. The molecule has 0 bridgehead atoms. The van der Waals surface area contributed by atoms with Crippen molar-refractivity contribution in [3.63, 3.8) is 0 Å². The fourth-order valence-electron chi connectivity index (χ4n) is 1.56. The number of rotatable bonds is 6. The smallest absolute Gasteiger partial charge is 0.223 e. The summed E-state index contributed by atoms with van der Waals surface area (Å²) < 4.78 is 0. The highest BCUT2D eigenvalue weighted by Crippen LogP contribution is 2.49. The molecule has 1 rings (SSSR count). The average molecular weight is 213 g/mol. The molecule has 3 heteroatoms. The fraction of sp³-hybridized carbons (Fsp3) is 0.727. The summed E-state index contributed by atoms with van der Waals surface area (Å²) >= 11 is 4.30. The highest BCUT2D eigenvalue weighted by molar-refractivity contribution is 7.80. The Morgan fingerprint density at radius 2 is 2.29 bits per heavy atom. The van der Waals surface area contributed by atoms with Crippen LogP contribution in [-0.4, -0.2) is 29.6 Å². The number of likely N-dealkylation sites (N-methyl/N-ethyl adjacent to an activating group) is 1. The Labute approximate surface area is 91.8 Å². The van der Waals surface area contributed by atoms with Gasteiger partial charge < -0.3 is 4.90 Å². The summed E-state index contributed by atoms with van der Waals surface area (Å²) in [5.74, 6) is 1.09. The van der Waals surface area contributed by atoms with Gasteiger partial charge in [-0.25, -0.2) is 0 Å². The van der Waals surface area contributed by atoms with Crippen molar-refractivity contribution in [2.75, 3.05) is 18.8 Å². The summed E-state index contributed by atoms with van der Waals surface area (Å²) in [5.41, 5.74) is 0.231. The maximum absolute atomic E-state index is 11.8. The maximum Gasteiger partial charge on any atom is 0.223 e. The van der Waals surface area contributed by atoms with Crippen LogP contribution in [0.2, 0.25) is 0 Å². The van der Waals surface area contributed by atoms with Crippen molar-refractivity contribution in [1.29, 1.82) is 0 Å². The van der Waals surface area contributed by atoms with Crippen LogP contribution in [0.1, 0.15) is 26.2 Å². The molecule has 0 spiro atoms. The minimum atomic E-state index is 0.231. The Morgan fingerprint density at radius 1 is 1.64 bits per heavy atom. The molecule has 1 amide bonds. The molecule has 14 heavy (non-hydrogen) atoms. The van der Waals surface area contributed by atoms with E-state index in [9.17, 15) is 4.79 Å². The Morgan fingerprint density at radius 3 is 2.64 bits per heavy atom. The van der Waals surface area contributed by atoms with Crippen molar-refractivity contribution in [1.82, 2.24) is 4.90 Å². The van der Waals surface area contributed by atoms with Crippen molar-refractivity contribution >= 4 is 18.5 Å². The van der Waals surface area contributed by atoms with Crippen LogP contribution >= 0.6 is 12.6 Å². The number of nitrogens with zero attached hydrogens (tertiary/aromatic N) is 1. The summed E-state index contributed by atoms with van der Waals surface area (Å²) in [6, 6.07) is 0. The predicted octanol–water partition coefficient (Wildman–Crippen LogP) is 2.12. The van der Waals surface area contributed by atoms with Crippen LogP contribution in [0.4, 0.5) is 0 Å². The van der Waals surface area contributed by atoms with Gasteiger partial charge in [-0.3, -0.25) is 4.79 Å². The van der Waals surface area contributed by atoms with Crippen molar-refractivity contribution in [3.05, 3.63) is 12.7 Å². The molecule has 0 aliphatic heterocycles. The average Bonchev–Trinajstić information content (AvgIpc) is 2.94. The van der Waals surface area contributed by atoms with Crippen molar-refractivity contribution in [2.45, 2.75) is 26.2 Å². The van der Waals surface area contributed by atoms with Crippen LogP contribution < -0.4 is 0 Å². The van der Waals surface area contributed by atoms with E-state index in [4.69, 9.17) is 0 Å². The molecule has 80 valence electrons. The van der Waals surface area contributed by atoms with Gasteiger partial charge in [-0.1, -0.05) is 6.08 Å². The summed E-state index contributed by atoms with van der Waals surface area (Å²) in [5, 5.41) is 0. The highest BCUT2D eigenvalue weighted by atomic mass is 32.1. The van der Waals surface area contributed by atoms with E-state index in [1.807, 2.05) is 11.8 Å². The zero-order valence-corrected chi connectivity index (χ0v) is 9.72. The minimum absolute atomic E-state index is 0.231. The van der Waals surface area contributed by atoms with Gasteiger partial charge in [-0.15, -0.1) is 6.58 Å². The standard InChI is InChI=1S/C11H19NOS/c1-3-7-12(4-2)10(13)8-11(9-14)5-6-11/h3,14H,1,4-9H2,2H3. The monoisotopic (exact) mass is 213 g/mol. The van der Waals surface area contributed by atoms with E-state index in [1.54, 1.807) is 6.08 Å². The summed E-state index contributed by atoms with van der Waals surface area (Å²) in [6.07, 6.45) is 4.77. The van der Waals surface area contributed by atoms with E-state index >= 15 is 0 Å². The Hall–Kier alpha value is -0.440. The number of hydrogen-bond acceptors (Lipinski definition) is 2. The van der Waals surface area contributed by atoms with E-state index in [-0.39, 0.29) is 11.3 Å². The molecule has 1 saturated carbocycles. The molecule has 0 unspecified atom stereocenters. The number of carbonyl (C=O) groups is 1. The largest absolute Gasteiger partial charge is 0.339 e. The fourth-order valence-corrected chi connectivity index (χ4v) is 1.99. The molecule has 0 heterocycles. The molecule has 0 radical (unpaired) electrons. The molecule has 2 nitrogen and oxygen atoms in total. The Bertz CT molecular complexity index is 223. The van der Waals surface area contributed by atoms with Gasteiger partial charge in [0.2, 0.25) is 5.91 Å². The third kappa shape index (κ3) is 2.77. The third-order valence-corrected chi connectivity index (χ3v) is 3.57. The van der Waals surface area contributed by atoms with E-state index in [0.29, 0.717) is 13.0 Å². The van der Waals surface area contributed by atoms with Crippen molar-refractivity contribution in [3.8, 4) is 0 Å². The topological polar surface area (TPSA) is 20.3 Å². The molecule has 0 atom stereocenters. The zero-order valence-electron chi connectivity index (χ0n) is 8.83. The quantitative estimate of drug-likeness (QED) is 0.529. The molecule has 1 aliphatic carbocycles. The molecular formula is C11H19NOS. The zero-order chi connectivity index (χ0) is 10.6. The summed E-state index contributed by atoms with van der Waals surface area (Å²) in [4.78, 5) is 13.7. The molecule has 1 fully saturated rings. The predicted molar refractivity (Wildman–Crippen MR) is 62.6 cm³/mol. The maximum atomic E-state index is 11.8. The van der Waals surface area contributed by atoms with E-state index in [0.717, 1.165) is 25.1 Å². The van der Waals surface area contributed by atoms with Crippen LogP contribution in [0.15, 0.2) is 12.7 Å². The first-order valence-electron chi connectivity index (χ1n) is 5.17. The van der Waals surface area contributed by atoms with Crippen LogP contribution in [-0.2, 0) is 4.79 Å². The highest BCUT2D eigenvalue weighted by Gasteiger charge is 2.43. The lowest BCUT2D eigenvalue weighted by Gasteiger charge is -2.21. The third-order valence-electron chi connectivity index (χ3n) is 2.90. The lowest BCUT2D eigenvalue weighted by Crippen LogP contribution is -2.32. The number of amides is 1. The van der Waals surface area contributed by atoms with Gasteiger partial charge in [-0.05, 0) is 30.9 Å². The van der Waals surface area contributed by atoms with Gasteiger partial charge in [0.25, 0.3) is 0 Å². The van der Waals surface area contributed by atoms with Crippen LogP contribution in [0, 0.1) is 5.41 Å². The van der Waals surface area contributed by atoms with Gasteiger partial charge in [0, 0.05) is 19.5 Å². The minimum Gasteiger partial charge on any atom is -0.339 e. The second kappa shape index (κ2) is 4.87. The second-order valence-electron chi connectivity index (χ2n) is 4.06. The number of hydrogen-bond donors (Lipinski definition) is 1. The first kappa shape index (κ1) is 11.6. The summed E-state index contributed by atoms with van der Waals surface area (Å²) in [7, 11) is 0. The van der Waals surface area contributed by atoms with Gasteiger partial charge in [0.1, 0.15) is 0 Å². The van der Waals surface area contributed by atoms with Crippen molar-refractivity contribution < 1.29 is 4.79 Å². The lowest BCUT2D eigenvalue weighted by atomic mass is 10.0. The Balaban J connectivity index is 2.43. The molecule has 0 saturated heterocycles. The molecule has 1 aliphatic rings. The van der Waals surface area contributed by atoms with Gasteiger partial charge >= 0.3 is 0 Å². The van der Waals surface area contributed by atoms with Gasteiger partial charge in [0.15, 0.2) is 0 Å². The molecule has 0 aromatic carbocycles. The molecule has 0 aromatic heterocycles. The van der Waals surface area contributed by atoms with E-state index in [2.05, 4.69) is 19.2 Å².